The van der Waals surface area contributed by atoms with Crippen LogP contribution >= 0.6 is 0 Å². The molecule has 0 atom stereocenters. The Morgan fingerprint density at radius 3 is 2.24 bits per heavy atom. The van der Waals surface area contributed by atoms with Gasteiger partial charge in [0.2, 0.25) is 0 Å². The van der Waals surface area contributed by atoms with Crippen molar-refractivity contribution >= 4 is 11.8 Å². The van der Waals surface area contributed by atoms with Crippen molar-refractivity contribution in [2.24, 2.45) is 5.41 Å². The van der Waals surface area contributed by atoms with Gasteiger partial charge in [0.25, 0.3) is 0 Å². The smallest absolute Gasteiger partial charge is 0.339 e. The maximum atomic E-state index is 12.0. The van der Waals surface area contributed by atoms with E-state index in [2.05, 4.69) is 0 Å². The molecule has 0 bridgehead atoms. The molecule has 1 aromatic carbocycles. The highest BCUT2D eigenvalue weighted by atomic mass is 16.5. The summed E-state index contributed by atoms with van der Waals surface area (Å²) in [7, 11) is 1.40. The molecule has 0 saturated heterocycles. The number of hydrogen-bond acceptors (Lipinski definition) is 3. The number of benzene rings is 1. The van der Waals surface area contributed by atoms with Gasteiger partial charge in [-0.05, 0) is 18.2 Å². The van der Waals surface area contributed by atoms with Crippen molar-refractivity contribution in [2.45, 2.75) is 20.8 Å². The third-order valence-electron chi connectivity index (χ3n) is 2.37. The summed E-state index contributed by atoms with van der Waals surface area (Å²) in [5.74, 6) is -0.948. The van der Waals surface area contributed by atoms with Gasteiger partial charge in [-0.2, -0.15) is 0 Å². The van der Waals surface area contributed by atoms with Gasteiger partial charge < -0.3 is 9.84 Å². The van der Waals surface area contributed by atoms with Crippen LogP contribution in [0.15, 0.2) is 18.2 Å². The van der Waals surface area contributed by atoms with E-state index in [0.29, 0.717) is 5.56 Å². The molecule has 0 saturated carbocycles. The van der Waals surface area contributed by atoms with Crippen LogP contribution in [0.4, 0.5) is 0 Å². The largest absolute Gasteiger partial charge is 0.496 e. The predicted octanol–water partition coefficient (Wildman–Crippen LogP) is 2.62. The minimum Gasteiger partial charge on any atom is -0.496 e. The van der Waals surface area contributed by atoms with E-state index in [4.69, 9.17) is 9.84 Å². The second-order valence-corrected chi connectivity index (χ2v) is 4.80. The molecule has 0 aliphatic heterocycles. The first-order valence-electron chi connectivity index (χ1n) is 5.23. The summed E-state index contributed by atoms with van der Waals surface area (Å²) in [6.45, 7) is 5.38. The van der Waals surface area contributed by atoms with Crippen molar-refractivity contribution in [3.63, 3.8) is 0 Å². The molecule has 0 fully saturated rings. The fourth-order valence-corrected chi connectivity index (χ4v) is 1.45. The third-order valence-corrected chi connectivity index (χ3v) is 2.37. The van der Waals surface area contributed by atoms with E-state index in [1.165, 1.54) is 19.2 Å². The Morgan fingerprint density at radius 2 is 1.82 bits per heavy atom. The van der Waals surface area contributed by atoms with Crippen molar-refractivity contribution in [1.29, 1.82) is 0 Å². The van der Waals surface area contributed by atoms with Gasteiger partial charge in [-0.25, -0.2) is 4.79 Å². The Bertz CT molecular complexity index is 455. The fraction of sp³-hybridized carbons (Fsp3) is 0.385. The number of ether oxygens (including phenoxy) is 1. The quantitative estimate of drug-likeness (QED) is 0.819. The lowest BCUT2D eigenvalue weighted by molar-refractivity contribution is 0.0693. The molecule has 4 nitrogen and oxygen atoms in total. The first-order valence-corrected chi connectivity index (χ1v) is 5.23. The number of hydrogen-bond donors (Lipinski definition) is 1. The molecule has 1 rings (SSSR count). The maximum Gasteiger partial charge on any atom is 0.339 e. The molecule has 1 aromatic rings. The van der Waals surface area contributed by atoms with Crippen LogP contribution in [0.1, 0.15) is 41.5 Å². The van der Waals surface area contributed by atoms with Crippen molar-refractivity contribution in [1.82, 2.24) is 0 Å². The normalized spacial score (nSPS) is 11.1. The van der Waals surface area contributed by atoms with Crippen molar-refractivity contribution in [2.75, 3.05) is 7.11 Å². The van der Waals surface area contributed by atoms with Crippen LogP contribution in [-0.4, -0.2) is 24.0 Å². The highest BCUT2D eigenvalue weighted by molar-refractivity contribution is 6.02. The van der Waals surface area contributed by atoms with E-state index >= 15 is 0 Å². The number of rotatable bonds is 3. The number of carbonyl (C=O) groups is 2. The lowest BCUT2D eigenvalue weighted by atomic mass is 9.86. The molecule has 0 heterocycles. The van der Waals surface area contributed by atoms with Crippen LogP contribution in [0.5, 0.6) is 5.75 Å². The van der Waals surface area contributed by atoms with Crippen LogP contribution < -0.4 is 4.74 Å². The van der Waals surface area contributed by atoms with E-state index in [-0.39, 0.29) is 17.1 Å². The monoisotopic (exact) mass is 236 g/mol. The molecule has 92 valence electrons. The van der Waals surface area contributed by atoms with Gasteiger partial charge in [0, 0.05) is 11.0 Å². The minimum atomic E-state index is -1.11. The maximum absolute atomic E-state index is 12.0. The summed E-state index contributed by atoms with van der Waals surface area (Å²) < 4.78 is 4.93. The zero-order chi connectivity index (χ0) is 13.2. The van der Waals surface area contributed by atoms with Gasteiger partial charge in [-0.3, -0.25) is 4.79 Å². The summed E-state index contributed by atoms with van der Waals surface area (Å²) in [5, 5.41) is 9.01. The molecular formula is C13H16O4. The van der Waals surface area contributed by atoms with Crippen molar-refractivity contribution in [3.05, 3.63) is 29.3 Å². The summed E-state index contributed by atoms with van der Waals surface area (Å²) in [6.07, 6.45) is 0. The topological polar surface area (TPSA) is 63.6 Å². The minimum absolute atomic E-state index is 0.00241. The van der Waals surface area contributed by atoms with Crippen molar-refractivity contribution in [3.8, 4) is 5.75 Å². The van der Waals surface area contributed by atoms with E-state index in [1.807, 2.05) is 0 Å². The number of methoxy groups -OCH3 is 1. The Kier molecular flexibility index (Phi) is 3.56. The van der Waals surface area contributed by atoms with Gasteiger partial charge in [-0.15, -0.1) is 0 Å². The SMILES string of the molecule is COc1ccc(C(=O)C(C)(C)C)cc1C(=O)O. The van der Waals surface area contributed by atoms with Gasteiger partial charge in [0.05, 0.1) is 7.11 Å². The molecule has 0 aliphatic rings. The van der Waals surface area contributed by atoms with Crippen LogP contribution in [0.3, 0.4) is 0 Å². The van der Waals surface area contributed by atoms with E-state index < -0.39 is 11.4 Å². The van der Waals surface area contributed by atoms with Crippen LogP contribution in [0, 0.1) is 5.41 Å². The Hall–Kier alpha value is -1.84. The van der Waals surface area contributed by atoms with E-state index in [9.17, 15) is 9.59 Å². The van der Waals surface area contributed by atoms with Crippen molar-refractivity contribution < 1.29 is 19.4 Å². The fourth-order valence-electron chi connectivity index (χ4n) is 1.45. The Balaban J connectivity index is 3.26. The summed E-state index contributed by atoms with van der Waals surface area (Å²) >= 11 is 0. The molecule has 0 amide bonds. The van der Waals surface area contributed by atoms with Gasteiger partial charge in [0.15, 0.2) is 5.78 Å². The molecule has 0 unspecified atom stereocenters. The molecule has 1 N–H and O–H groups in total. The standard InChI is InChI=1S/C13H16O4/c1-13(2,3)11(14)8-5-6-10(17-4)9(7-8)12(15)16/h5-7H,1-4H3,(H,15,16). The van der Waals surface area contributed by atoms with Crippen LogP contribution in [0.2, 0.25) is 0 Å². The summed E-state index contributed by atoms with van der Waals surface area (Å²) in [5.41, 5.74) is -0.150. The Morgan fingerprint density at radius 1 is 1.24 bits per heavy atom. The second kappa shape index (κ2) is 4.57. The number of carboxylic acid groups (broad SMARTS) is 1. The molecule has 0 radical (unpaired) electrons. The highest BCUT2D eigenvalue weighted by Gasteiger charge is 2.24. The van der Waals surface area contributed by atoms with E-state index in [1.54, 1.807) is 26.8 Å². The first-order chi connectivity index (χ1) is 7.77. The summed E-state index contributed by atoms with van der Waals surface area (Å²) in [4.78, 5) is 23.0. The lowest BCUT2D eigenvalue weighted by Crippen LogP contribution is -2.20. The molecule has 0 aromatic heterocycles. The predicted molar refractivity (Wildman–Crippen MR) is 63.7 cm³/mol. The number of Topliss-reactive ketones (excluding diaryl/α,β-unsaturated/α-hetero) is 1. The zero-order valence-electron chi connectivity index (χ0n) is 10.4. The molecule has 4 heteroatoms. The highest BCUT2D eigenvalue weighted by Crippen LogP contribution is 2.25. The number of carboxylic acids is 1. The van der Waals surface area contributed by atoms with Gasteiger partial charge in [0.1, 0.15) is 11.3 Å². The lowest BCUT2D eigenvalue weighted by Gasteiger charge is -2.17. The van der Waals surface area contributed by atoms with Gasteiger partial charge >= 0.3 is 5.97 Å². The Labute approximate surface area is 100 Å². The second-order valence-electron chi connectivity index (χ2n) is 4.80. The number of aromatic carboxylic acids is 1. The molecule has 17 heavy (non-hydrogen) atoms. The average molecular weight is 236 g/mol. The average Bonchev–Trinajstić information content (AvgIpc) is 2.25. The van der Waals surface area contributed by atoms with Crippen LogP contribution in [0.25, 0.3) is 0 Å². The number of carbonyl (C=O) groups excluding carboxylic acids is 1. The van der Waals surface area contributed by atoms with Crippen LogP contribution in [-0.2, 0) is 0 Å². The van der Waals surface area contributed by atoms with E-state index in [0.717, 1.165) is 0 Å². The molecule has 0 aliphatic carbocycles. The van der Waals surface area contributed by atoms with Gasteiger partial charge in [-0.1, -0.05) is 20.8 Å². The summed E-state index contributed by atoms with van der Waals surface area (Å²) in [6, 6.07) is 4.44. The number of ketones is 1. The first kappa shape index (κ1) is 13.2. The zero-order valence-corrected chi connectivity index (χ0v) is 10.4. The third kappa shape index (κ3) is 2.84. The molecular weight excluding hydrogens is 220 g/mol. The molecule has 0 spiro atoms.